The van der Waals surface area contributed by atoms with Crippen molar-refractivity contribution in [3.8, 4) is 22.3 Å². The van der Waals surface area contributed by atoms with E-state index in [1.54, 1.807) is 0 Å². The molecule has 10 heteroatoms. The Morgan fingerprint density at radius 3 is 2.06 bits per heavy atom. The van der Waals surface area contributed by atoms with E-state index < -0.39 is 11.2 Å². The van der Waals surface area contributed by atoms with Crippen LogP contribution in [0.5, 0.6) is 0 Å². The molecule has 2 unspecified atom stereocenters. The molecule has 211 valence electrons. The Balaban J connectivity index is 1.50. The van der Waals surface area contributed by atoms with Gasteiger partial charge in [-0.2, -0.15) is 0 Å². The van der Waals surface area contributed by atoms with Crippen LogP contribution in [-0.2, 0) is 5.41 Å². The van der Waals surface area contributed by atoms with Crippen molar-refractivity contribution in [1.29, 1.82) is 0 Å². The number of aryl methyl sites for hydroxylation is 1. The molecular formula is C39H22B9O. The maximum atomic E-state index is 6.91. The molecule has 0 aliphatic heterocycles. The van der Waals surface area contributed by atoms with E-state index in [0.29, 0.717) is 22.2 Å². The molecule has 0 spiro atoms. The number of hydrogen-bond donors (Lipinski definition) is 0. The van der Waals surface area contributed by atoms with Crippen molar-refractivity contribution in [3.63, 3.8) is 0 Å². The number of benzene rings is 5. The van der Waals surface area contributed by atoms with Gasteiger partial charge in [0.2, 0.25) is 0 Å². The van der Waals surface area contributed by atoms with Gasteiger partial charge in [-0.15, -0.1) is 0 Å². The van der Waals surface area contributed by atoms with Crippen molar-refractivity contribution >= 4 is 120 Å². The van der Waals surface area contributed by atoms with E-state index in [0.717, 1.165) is 55.3 Å². The SMILES string of the molecule is [B]C/C([B])=C(/[B])C([B])C(=[B])C(=C)C1(c2ccc(-c3cccc4c3oc3c(C)cccc34)cc2)c2ccccc2-c2c([B])c([B])c([B])c([B])c21. The number of para-hydroxylation sites is 2. The summed E-state index contributed by atoms with van der Waals surface area (Å²) >= 11 is 0. The second kappa shape index (κ2) is 12.3. The van der Waals surface area contributed by atoms with Gasteiger partial charge < -0.3 is 0 Å². The van der Waals surface area contributed by atoms with Crippen LogP contribution in [0, 0.1) is 6.92 Å². The average molecular weight is 604 g/mol. The molecule has 1 aliphatic rings. The normalized spacial score (nSPS) is 16.2. The predicted octanol–water partition coefficient (Wildman–Crippen LogP) is 3.04. The van der Waals surface area contributed by atoms with Gasteiger partial charge in [-0.3, -0.25) is 0 Å². The van der Waals surface area contributed by atoms with Gasteiger partial charge >= 0.3 is 282 Å². The van der Waals surface area contributed by atoms with Crippen LogP contribution in [0.25, 0.3) is 44.2 Å². The zero-order chi connectivity index (χ0) is 34.9. The van der Waals surface area contributed by atoms with Crippen LogP contribution in [0.3, 0.4) is 0 Å². The molecule has 0 saturated heterocycles. The monoisotopic (exact) mass is 605 g/mol. The number of rotatable bonds is 7. The summed E-state index contributed by atoms with van der Waals surface area (Å²) in [5.74, 6) is -0.998. The van der Waals surface area contributed by atoms with Gasteiger partial charge in [0.1, 0.15) is 0 Å². The van der Waals surface area contributed by atoms with Gasteiger partial charge in [-0.05, 0) is 6.92 Å². The van der Waals surface area contributed by atoms with E-state index in [1.807, 2.05) is 79.7 Å². The number of furan rings is 1. The first kappa shape index (κ1) is 33.3. The van der Waals surface area contributed by atoms with Gasteiger partial charge in [0.05, 0.1) is 0 Å². The molecule has 5 aromatic carbocycles. The molecule has 0 saturated carbocycles. The fourth-order valence-corrected chi connectivity index (χ4v) is 7.43. The number of fused-ring (bicyclic) bond motifs is 6. The fraction of sp³-hybridized carbons (Fsp3) is 0.103. The topological polar surface area (TPSA) is 13.1 Å². The first-order valence-electron chi connectivity index (χ1n) is 15.8. The van der Waals surface area contributed by atoms with Crippen LogP contribution in [-0.4, -0.2) is 75.7 Å². The molecule has 1 aromatic heterocycles. The Morgan fingerprint density at radius 2 is 1.37 bits per heavy atom. The molecule has 1 nitrogen and oxygen atoms in total. The van der Waals surface area contributed by atoms with Crippen LogP contribution in [0.1, 0.15) is 22.3 Å². The molecule has 2 atom stereocenters. The maximum absolute atomic E-state index is 6.91. The van der Waals surface area contributed by atoms with Crippen LogP contribution in [0.15, 0.2) is 112 Å². The van der Waals surface area contributed by atoms with Crippen molar-refractivity contribution in [2.45, 2.75) is 24.5 Å². The Labute approximate surface area is 299 Å². The summed E-state index contributed by atoms with van der Waals surface area (Å²) in [6.45, 7) is 6.62. The van der Waals surface area contributed by atoms with E-state index >= 15 is 0 Å². The summed E-state index contributed by atoms with van der Waals surface area (Å²) in [5.41, 5.74) is 9.05. The molecule has 17 radical (unpaired) electrons. The summed E-state index contributed by atoms with van der Waals surface area (Å²) in [4.78, 5) is 0. The Bertz CT molecular complexity index is 2400. The molecule has 1 aliphatic carbocycles. The van der Waals surface area contributed by atoms with E-state index in [4.69, 9.17) is 74.7 Å². The fourth-order valence-electron chi connectivity index (χ4n) is 7.43. The van der Waals surface area contributed by atoms with Gasteiger partial charge in [0.15, 0.2) is 0 Å². The van der Waals surface area contributed by atoms with Crippen molar-refractivity contribution in [1.82, 2.24) is 0 Å². The molecule has 0 amide bonds. The standard InChI is InChI=1S/C39H22B9O/c1-18-7-5-10-23-24-11-6-9-22(38(24)49-37(18)23)20-13-15-21(16-14-20)39(19(2)30(42)34(46)31(43)27(41)17-40)26-12-4-3-8-25(26)28-29(39)33(45)36(48)35(47)32(28)44/h3-16,34H,2,17H2,1H3/b31-27-. The van der Waals surface area contributed by atoms with Crippen molar-refractivity contribution in [3.05, 3.63) is 130 Å². The van der Waals surface area contributed by atoms with Crippen molar-refractivity contribution in [2.24, 2.45) is 0 Å². The average Bonchev–Trinajstić information content (AvgIpc) is 3.67. The molecule has 0 bridgehead atoms. The van der Waals surface area contributed by atoms with Crippen molar-refractivity contribution in [2.75, 3.05) is 0 Å². The minimum atomic E-state index is -1.20. The zero-order valence-electron chi connectivity index (χ0n) is 27.2. The Hall–Kier alpha value is -4.17. The Kier molecular flexibility index (Phi) is 8.37. The minimum absolute atomic E-state index is 0.00834. The van der Waals surface area contributed by atoms with Crippen molar-refractivity contribution < 1.29 is 4.42 Å². The molecule has 7 rings (SSSR count). The summed E-state index contributed by atoms with van der Waals surface area (Å²) in [6, 6.07) is 28.2. The second-order valence-corrected chi connectivity index (χ2v) is 12.6. The van der Waals surface area contributed by atoms with Gasteiger partial charge in [0.25, 0.3) is 0 Å². The quantitative estimate of drug-likeness (QED) is 0.256. The van der Waals surface area contributed by atoms with Crippen LogP contribution in [0.2, 0.25) is 12.1 Å². The Morgan fingerprint density at radius 1 is 0.755 bits per heavy atom. The second-order valence-electron chi connectivity index (χ2n) is 12.6. The molecule has 49 heavy (non-hydrogen) atoms. The number of allylic oxidation sites excluding steroid dienone is 3. The van der Waals surface area contributed by atoms with E-state index in [1.165, 1.54) is 0 Å². The van der Waals surface area contributed by atoms with Crippen LogP contribution < -0.4 is 21.9 Å². The van der Waals surface area contributed by atoms with E-state index in [-0.39, 0.29) is 39.1 Å². The van der Waals surface area contributed by atoms with Gasteiger partial charge in [-0.1, -0.05) is 12.1 Å². The molecule has 6 aromatic rings. The molecule has 0 fully saturated rings. The first-order valence-corrected chi connectivity index (χ1v) is 15.8. The first-order chi connectivity index (χ1) is 23.4. The van der Waals surface area contributed by atoms with E-state index in [2.05, 4.69) is 18.7 Å². The third-order valence-corrected chi connectivity index (χ3v) is 10.0. The van der Waals surface area contributed by atoms with Crippen LogP contribution in [0.4, 0.5) is 0 Å². The molecular weight excluding hydrogens is 582 g/mol. The summed E-state index contributed by atoms with van der Waals surface area (Å²) in [7, 11) is 58.4. The molecule has 0 N–H and O–H groups in total. The van der Waals surface area contributed by atoms with Gasteiger partial charge in [-0.25, -0.2) is 0 Å². The third kappa shape index (κ3) is 4.77. The summed E-state index contributed by atoms with van der Waals surface area (Å²) < 4.78 is 6.47. The predicted molar refractivity (Wildman–Crippen MR) is 216 cm³/mol. The summed E-state index contributed by atoms with van der Waals surface area (Å²) in [5, 5.41) is 2.11. The number of hydrogen-bond acceptors (Lipinski definition) is 1. The summed E-state index contributed by atoms with van der Waals surface area (Å²) in [6.07, 6.45) is 0.00834. The van der Waals surface area contributed by atoms with E-state index in [9.17, 15) is 0 Å². The van der Waals surface area contributed by atoms with Gasteiger partial charge in [0, 0.05) is 0 Å². The molecule has 1 heterocycles. The third-order valence-electron chi connectivity index (χ3n) is 10.0. The zero-order valence-corrected chi connectivity index (χ0v) is 27.2. The van der Waals surface area contributed by atoms with Crippen LogP contribution >= 0.6 is 0 Å².